The molecule has 1 aromatic carbocycles. The van der Waals surface area contributed by atoms with Crippen molar-refractivity contribution in [3.8, 4) is 0 Å². The van der Waals surface area contributed by atoms with E-state index >= 15 is 0 Å². The summed E-state index contributed by atoms with van der Waals surface area (Å²) >= 11 is 5.86. The molecular formula is C14H20ClN3O3S. The fraction of sp³-hybridized carbons (Fsp3) is 0.500. The van der Waals surface area contributed by atoms with Crippen molar-refractivity contribution in [1.29, 1.82) is 0 Å². The second-order valence-corrected chi connectivity index (χ2v) is 7.45. The van der Waals surface area contributed by atoms with E-state index in [-0.39, 0.29) is 24.0 Å². The van der Waals surface area contributed by atoms with E-state index in [1.165, 1.54) is 16.4 Å². The number of hydrogen-bond acceptors (Lipinski definition) is 3. The normalized spacial score (nSPS) is 16.5. The Kier molecular flexibility index (Phi) is 5.66. The van der Waals surface area contributed by atoms with Gasteiger partial charge >= 0.3 is 6.03 Å². The summed E-state index contributed by atoms with van der Waals surface area (Å²) in [6.07, 6.45) is 0.870. The molecule has 0 atom stereocenters. The van der Waals surface area contributed by atoms with Crippen molar-refractivity contribution in [2.24, 2.45) is 0 Å². The molecular weight excluding hydrogens is 326 g/mol. The summed E-state index contributed by atoms with van der Waals surface area (Å²) in [5, 5.41) is 3.18. The van der Waals surface area contributed by atoms with Crippen LogP contribution in [0, 0.1) is 0 Å². The molecule has 0 bridgehead atoms. The maximum absolute atomic E-state index is 12.5. The summed E-state index contributed by atoms with van der Waals surface area (Å²) in [6.45, 7) is 3.95. The number of benzene rings is 1. The summed E-state index contributed by atoms with van der Waals surface area (Å²) in [5.74, 6) is 0. The molecule has 0 radical (unpaired) electrons. The van der Waals surface area contributed by atoms with E-state index in [0.29, 0.717) is 24.7 Å². The second kappa shape index (κ2) is 7.30. The molecule has 0 saturated carbocycles. The molecule has 1 aliphatic rings. The largest absolute Gasteiger partial charge is 0.338 e. The molecule has 122 valence electrons. The number of rotatable bonds is 4. The number of carbonyl (C=O) groups is 1. The van der Waals surface area contributed by atoms with Crippen molar-refractivity contribution in [2.45, 2.75) is 18.2 Å². The molecule has 2 rings (SSSR count). The first-order valence-corrected chi connectivity index (χ1v) is 9.05. The molecule has 0 spiro atoms. The molecule has 0 aliphatic carbocycles. The highest BCUT2D eigenvalue weighted by Gasteiger charge is 2.30. The number of carbonyl (C=O) groups excluding carboxylic acids is 1. The zero-order chi connectivity index (χ0) is 16.2. The van der Waals surface area contributed by atoms with E-state index in [2.05, 4.69) is 5.32 Å². The first kappa shape index (κ1) is 17.1. The van der Waals surface area contributed by atoms with Crippen LogP contribution in [-0.4, -0.2) is 56.4 Å². The third kappa shape index (κ3) is 3.91. The fourth-order valence-electron chi connectivity index (χ4n) is 2.25. The van der Waals surface area contributed by atoms with Crippen molar-refractivity contribution >= 4 is 27.7 Å². The monoisotopic (exact) mass is 345 g/mol. The average Bonchev–Trinajstić information content (AvgIpc) is 2.52. The number of amides is 2. The zero-order valence-electron chi connectivity index (χ0n) is 12.5. The molecule has 0 unspecified atom stereocenters. The van der Waals surface area contributed by atoms with Gasteiger partial charge in [0.1, 0.15) is 0 Å². The fourth-order valence-corrected chi connectivity index (χ4v) is 3.98. The molecule has 8 heteroatoms. The molecule has 1 N–H and O–H groups in total. The van der Waals surface area contributed by atoms with Crippen molar-refractivity contribution in [3.05, 3.63) is 29.3 Å². The lowest BCUT2D eigenvalue weighted by Gasteiger charge is -2.34. The van der Waals surface area contributed by atoms with Gasteiger partial charge in [-0.15, -0.1) is 0 Å². The quantitative estimate of drug-likeness (QED) is 0.904. The van der Waals surface area contributed by atoms with Gasteiger partial charge in [-0.05, 0) is 24.6 Å². The molecule has 1 saturated heterocycles. The van der Waals surface area contributed by atoms with Gasteiger partial charge in [0.2, 0.25) is 10.0 Å². The SMILES string of the molecule is CCCNC(=O)N1CCN(S(=O)(=O)c2cccc(Cl)c2)CC1. The van der Waals surface area contributed by atoms with Crippen LogP contribution in [0.5, 0.6) is 0 Å². The lowest BCUT2D eigenvalue weighted by Crippen LogP contribution is -2.53. The maximum Gasteiger partial charge on any atom is 0.317 e. The van der Waals surface area contributed by atoms with Gasteiger partial charge in [0.05, 0.1) is 4.90 Å². The Morgan fingerprint density at radius 2 is 1.95 bits per heavy atom. The first-order valence-electron chi connectivity index (χ1n) is 7.23. The molecule has 1 aliphatic heterocycles. The van der Waals surface area contributed by atoms with Gasteiger partial charge in [-0.2, -0.15) is 4.31 Å². The van der Waals surface area contributed by atoms with Gasteiger partial charge in [0, 0.05) is 37.7 Å². The van der Waals surface area contributed by atoms with Crippen LogP contribution >= 0.6 is 11.6 Å². The van der Waals surface area contributed by atoms with Crippen LogP contribution in [0.2, 0.25) is 5.02 Å². The van der Waals surface area contributed by atoms with Crippen LogP contribution in [0.1, 0.15) is 13.3 Å². The van der Waals surface area contributed by atoms with Crippen LogP contribution in [0.4, 0.5) is 4.79 Å². The van der Waals surface area contributed by atoms with Gasteiger partial charge in [0.25, 0.3) is 0 Å². The van der Waals surface area contributed by atoms with Crippen LogP contribution in [0.15, 0.2) is 29.2 Å². The molecule has 22 heavy (non-hydrogen) atoms. The van der Waals surface area contributed by atoms with Crippen LogP contribution in [-0.2, 0) is 10.0 Å². The number of nitrogens with zero attached hydrogens (tertiary/aromatic N) is 2. The molecule has 1 heterocycles. The topological polar surface area (TPSA) is 69.7 Å². The number of urea groups is 1. The second-order valence-electron chi connectivity index (χ2n) is 5.08. The Hall–Kier alpha value is -1.31. The lowest BCUT2D eigenvalue weighted by molar-refractivity contribution is 0.172. The summed E-state index contributed by atoms with van der Waals surface area (Å²) in [4.78, 5) is 13.7. The summed E-state index contributed by atoms with van der Waals surface area (Å²) in [6, 6.07) is 6.08. The number of nitrogens with one attached hydrogen (secondary N) is 1. The third-order valence-corrected chi connectivity index (χ3v) is 5.62. The highest BCUT2D eigenvalue weighted by Crippen LogP contribution is 2.20. The van der Waals surface area contributed by atoms with Gasteiger partial charge in [-0.1, -0.05) is 24.6 Å². The van der Waals surface area contributed by atoms with E-state index in [9.17, 15) is 13.2 Å². The maximum atomic E-state index is 12.5. The van der Waals surface area contributed by atoms with Crippen molar-refractivity contribution in [2.75, 3.05) is 32.7 Å². The van der Waals surface area contributed by atoms with Crippen molar-refractivity contribution < 1.29 is 13.2 Å². The molecule has 2 amide bonds. The third-order valence-electron chi connectivity index (χ3n) is 3.49. The number of hydrogen-bond donors (Lipinski definition) is 1. The predicted molar refractivity (Wildman–Crippen MR) is 85.5 cm³/mol. The molecule has 0 aromatic heterocycles. The van der Waals surface area contributed by atoms with Crippen molar-refractivity contribution in [1.82, 2.24) is 14.5 Å². The lowest BCUT2D eigenvalue weighted by atomic mass is 10.4. The van der Waals surface area contributed by atoms with E-state index < -0.39 is 10.0 Å². The van der Waals surface area contributed by atoms with E-state index in [1.807, 2.05) is 6.92 Å². The minimum absolute atomic E-state index is 0.137. The first-order chi connectivity index (χ1) is 10.4. The zero-order valence-corrected chi connectivity index (χ0v) is 14.0. The van der Waals surface area contributed by atoms with Gasteiger partial charge in [0.15, 0.2) is 0 Å². The summed E-state index contributed by atoms with van der Waals surface area (Å²) in [7, 11) is -3.56. The van der Waals surface area contributed by atoms with E-state index in [4.69, 9.17) is 11.6 Å². The van der Waals surface area contributed by atoms with E-state index in [0.717, 1.165) is 6.42 Å². The number of sulfonamides is 1. The van der Waals surface area contributed by atoms with Crippen molar-refractivity contribution in [3.63, 3.8) is 0 Å². The van der Waals surface area contributed by atoms with Crippen LogP contribution < -0.4 is 5.32 Å². The van der Waals surface area contributed by atoms with Gasteiger partial charge in [-0.25, -0.2) is 13.2 Å². The van der Waals surface area contributed by atoms with Crippen LogP contribution in [0.25, 0.3) is 0 Å². The summed E-state index contributed by atoms with van der Waals surface area (Å²) < 4.78 is 26.5. The Morgan fingerprint density at radius 3 is 2.55 bits per heavy atom. The minimum atomic E-state index is -3.56. The highest BCUT2D eigenvalue weighted by atomic mass is 35.5. The Labute approximate surface area is 136 Å². The minimum Gasteiger partial charge on any atom is -0.338 e. The van der Waals surface area contributed by atoms with Gasteiger partial charge in [-0.3, -0.25) is 0 Å². The highest BCUT2D eigenvalue weighted by molar-refractivity contribution is 7.89. The average molecular weight is 346 g/mol. The number of piperazine rings is 1. The molecule has 6 nitrogen and oxygen atoms in total. The Bertz CT molecular complexity index is 628. The predicted octanol–water partition coefficient (Wildman–Crippen LogP) is 1.77. The standard InChI is InChI=1S/C14H20ClN3O3S/c1-2-6-16-14(19)17-7-9-18(10-8-17)22(20,21)13-5-3-4-12(15)11-13/h3-5,11H,2,6-10H2,1H3,(H,16,19). The Morgan fingerprint density at radius 1 is 1.27 bits per heavy atom. The van der Waals surface area contributed by atoms with Gasteiger partial charge < -0.3 is 10.2 Å². The number of halogens is 1. The molecule has 1 fully saturated rings. The summed E-state index contributed by atoms with van der Waals surface area (Å²) in [5.41, 5.74) is 0. The smallest absolute Gasteiger partial charge is 0.317 e. The van der Waals surface area contributed by atoms with Crippen LogP contribution in [0.3, 0.4) is 0 Å². The Balaban J connectivity index is 2.00. The molecule has 1 aromatic rings. The van der Waals surface area contributed by atoms with E-state index in [1.54, 1.807) is 17.0 Å².